The topological polar surface area (TPSA) is 95.1 Å². The lowest BCUT2D eigenvalue weighted by Gasteiger charge is -2.17. The Morgan fingerprint density at radius 2 is 1.89 bits per heavy atom. The standard InChI is InChI=1S/C19H22ClN3O5/c1-12-7-16(23(25)26)18(28-4)9-15(12)21-19(24)11-22(2)10-13-8-14(20)5-6-17(13)27-3/h5-9H,10-11H2,1-4H3,(H,21,24)/p+1. The highest BCUT2D eigenvalue weighted by molar-refractivity contribution is 6.30. The van der Waals surface area contributed by atoms with E-state index in [0.717, 1.165) is 10.5 Å². The van der Waals surface area contributed by atoms with E-state index in [2.05, 4.69) is 5.32 Å². The Morgan fingerprint density at radius 1 is 1.21 bits per heavy atom. The molecule has 8 nitrogen and oxygen atoms in total. The number of nitro benzene ring substituents is 1. The van der Waals surface area contributed by atoms with Gasteiger partial charge < -0.3 is 19.7 Å². The molecule has 28 heavy (non-hydrogen) atoms. The van der Waals surface area contributed by atoms with Gasteiger partial charge in [-0.15, -0.1) is 0 Å². The van der Waals surface area contributed by atoms with Crippen molar-refractivity contribution >= 4 is 28.9 Å². The van der Waals surface area contributed by atoms with E-state index >= 15 is 0 Å². The Hall–Kier alpha value is -2.84. The zero-order valence-electron chi connectivity index (χ0n) is 16.2. The number of nitrogens with zero attached hydrogens (tertiary/aromatic N) is 1. The van der Waals surface area contributed by atoms with E-state index in [-0.39, 0.29) is 23.9 Å². The zero-order valence-corrected chi connectivity index (χ0v) is 16.9. The maximum atomic E-state index is 12.4. The smallest absolute Gasteiger partial charge is 0.311 e. The van der Waals surface area contributed by atoms with Crippen molar-refractivity contribution in [1.82, 2.24) is 0 Å². The fourth-order valence-electron chi connectivity index (χ4n) is 2.86. The van der Waals surface area contributed by atoms with Gasteiger partial charge in [-0.25, -0.2) is 0 Å². The molecule has 0 radical (unpaired) electrons. The van der Waals surface area contributed by atoms with Gasteiger partial charge in [0.1, 0.15) is 12.3 Å². The Balaban J connectivity index is 2.08. The number of hydrogen-bond acceptors (Lipinski definition) is 5. The van der Waals surface area contributed by atoms with Gasteiger partial charge in [-0.05, 0) is 30.7 Å². The summed E-state index contributed by atoms with van der Waals surface area (Å²) in [5.41, 5.74) is 1.80. The minimum atomic E-state index is -0.520. The number of carbonyl (C=O) groups is 1. The molecule has 0 aromatic heterocycles. The fourth-order valence-corrected chi connectivity index (χ4v) is 3.05. The summed E-state index contributed by atoms with van der Waals surface area (Å²) in [6.07, 6.45) is 0. The second-order valence-corrected chi connectivity index (χ2v) is 6.85. The number of benzene rings is 2. The summed E-state index contributed by atoms with van der Waals surface area (Å²) in [7, 11) is 4.81. The number of rotatable bonds is 8. The third-order valence-electron chi connectivity index (χ3n) is 4.19. The number of halogens is 1. The molecule has 0 heterocycles. The van der Waals surface area contributed by atoms with E-state index < -0.39 is 4.92 Å². The lowest BCUT2D eigenvalue weighted by atomic mass is 10.1. The van der Waals surface area contributed by atoms with E-state index in [1.165, 1.54) is 19.2 Å². The highest BCUT2D eigenvalue weighted by atomic mass is 35.5. The van der Waals surface area contributed by atoms with Crippen molar-refractivity contribution in [1.29, 1.82) is 0 Å². The fraction of sp³-hybridized carbons (Fsp3) is 0.316. The molecule has 1 atom stereocenters. The number of methoxy groups -OCH3 is 2. The largest absolute Gasteiger partial charge is 0.496 e. The van der Waals surface area contributed by atoms with Gasteiger partial charge in [0.25, 0.3) is 5.91 Å². The van der Waals surface area contributed by atoms with Crippen LogP contribution in [0.5, 0.6) is 11.5 Å². The quantitative estimate of drug-likeness (QED) is 0.516. The highest BCUT2D eigenvalue weighted by Crippen LogP contribution is 2.32. The van der Waals surface area contributed by atoms with Crippen LogP contribution in [0, 0.1) is 17.0 Å². The molecule has 0 aliphatic heterocycles. The van der Waals surface area contributed by atoms with Crippen LogP contribution in [0.3, 0.4) is 0 Å². The average molecular weight is 409 g/mol. The zero-order chi connectivity index (χ0) is 20.8. The molecule has 1 unspecified atom stereocenters. The number of likely N-dealkylation sites (N-methyl/N-ethyl adjacent to an activating group) is 1. The van der Waals surface area contributed by atoms with E-state index in [0.29, 0.717) is 28.6 Å². The maximum absolute atomic E-state index is 12.4. The molecule has 0 aliphatic carbocycles. The Labute approximate surface area is 168 Å². The van der Waals surface area contributed by atoms with Gasteiger partial charge in [-0.2, -0.15) is 0 Å². The molecule has 0 spiro atoms. The number of carbonyl (C=O) groups excluding carboxylic acids is 1. The van der Waals surface area contributed by atoms with E-state index in [1.807, 2.05) is 13.1 Å². The van der Waals surface area contributed by atoms with Gasteiger partial charge in [0.15, 0.2) is 12.3 Å². The molecule has 2 N–H and O–H groups in total. The molecule has 0 saturated carbocycles. The van der Waals surface area contributed by atoms with Gasteiger partial charge in [-0.1, -0.05) is 11.6 Å². The first-order valence-corrected chi connectivity index (χ1v) is 8.89. The van der Waals surface area contributed by atoms with Crippen molar-refractivity contribution in [3.8, 4) is 11.5 Å². The van der Waals surface area contributed by atoms with Gasteiger partial charge in [0.2, 0.25) is 0 Å². The van der Waals surface area contributed by atoms with Crippen LogP contribution in [0.25, 0.3) is 0 Å². The van der Waals surface area contributed by atoms with E-state index in [9.17, 15) is 14.9 Å². The first-order chi connectivity index (χ1) is 13.2. The lowest BCUT2D eigenvalue weighted by molar-refractivity contribution is -0.885. The average Bonchev–Trinajstić information content (AvgIpc) is 2.62. The minimum absolute atomic E-state index is 0.0928. The summed E-state index contributed by atoms with van der Waals surface area (Å²) in [6, 6.07) is 8.18. The van der Waals surface area contributed by atoms with E-state index in [1.54, 1.807) is 26.2 Å². The SMILES string of the molecule is COc1ccc(Cl)cc1C[NH+](C)CC(=O)Nc1cc(OC)c([N+](=O)[O-])cc1C. The summed E-state index contributed by atoms with van der Waals surface area (Å²) >= 11 is 6.05. The number of nitro groups is 1. The molecule has 0 bridgehead atoms. The van der Waals surface area contributed by atoms with Crippen molar-refractivity contribution in [3.05, 3.63) is 56.6 Å². The lowest BCUT2D eigenvalue weighted by Crippen LogP contribution is -3.08. The summed E-state index contributed by atoms with van der Waals surface area (Å²) in [5, 5.41) is 14.5. The predicted octanol–water partition coefficient (Wildman–Crippen LogP) is 2.23. The normalized spacial score (nSPS) is 11.6. The molecule has 2 rings (SSSR count). The van der Waals surface area contributed by atoms with Crippen LogP contribution in [0.1, 0.15) is 11.1 Å². The van der Waals surface area contributed by atoms with Crippen LogP contribution in [0.15, 0.2) is 30.3 Å². The molecule has 9 heteroatoms. The molecular weight excluding hydrogens is 386 g/mol. The van der Waals surface area contributed by atoms with Crippen LogP contribution >= 0.6 is 11.6 Å². The molecule has 1 amide bonds. The maximum Gasteiger partial charge on any atom is 0.311 e. The number of hydrogen-bond donors (Lipinski definition) is 2. The molecular formula is C19H23ClN3O5+. The Kier molecular flexibility index (Phi) is 7.19. The third kappa shape index (κ3) is 5.34. The molecule has 150 valence electrons. The van der Waals surface area contributed by atoms with Crippen LogP contribution in [-0.2, 0) is 11.3 Å². The summed E-state index contributed by atoms with van der Waals surface area (Å²) < 4.78 is 10.4. The van der Waals surface area contributed by atoms with E-state index in [4.69, 9.17) is 21.1 Å². The van der Waals surface area contributed by atoms with Gasteiger partial charge in [0.05, 0.1) is 26.2 Å². The number of amides is 1. The van der Waals surface area contributed by atoms with Crippen LogP contribution in [0.2, 0.25) is 5.02 Å². The second kappa shape index (κ2) is 9.38. The third-order valence-corrected chi connectivity index (χ3v) is 4.43. The first-order valence-electron chi connectivity index (χ1n) is 8.51. The summed E-state index contributed by atoms with van der Waals surface area (Å²) in [6.45, 7) is 2.42. The molecule has 2 aromatic rings. The Morgan fingerprint density at radius 3 is 2.50 bits per heavy atom. The van der Waals surface area contributed by atoms with Crippen LogP contribution in [-0.4, -0.2) is 38.6 Å². The van der Waals surface area contributed by atoms with Gasteiger partial charge >= 0.3 is 5.69 Å². The van der Waals surface area contributed by atoms with Crippen molar-refractivity contribution < 1.29 is 24.1 Å². The van der Waals surface area contributed by atoms with Crippen molar-refractivity contribution in [2.75, 3.05) is 33.1 Å². The number of ether oxygens (including phenoxy) is 2. The van der Waals surface area contributed by atoms with Gasteiger partial charge in [-0.3, -0.25) is 14.9 Å². The molecule has 0 aliphatic rings. The number of aryl methyl sites for hydroxylation is 1. The minimum Gasteiger partial charge on any atom is -0.496 e. The molecule has 0 fully saturated rings. The first kappa shape index (κ1) is 21.5. The monoisotopic (exact) mass is 408 g/mol. The number of nitrogens with one attached hydrogen (secondary N) is 2. The summed E-state index contributed by atoms with van der Waals surface area (Å²) in [4.78, 5) is 23.9. The van der Waals surface area contributed by atoms with Crippen molar-refractivity contribution in [3.63, 3.8) is 0 Å². The predicted molar refractivity (Wildman–Crippen MR) is 106 cm³/mol. The molecule has 0 saturated heterocycles. The van der Waals surface area contributed by atoms with Crippen molar-refractivity contribution in [2.45, 2.75) is 13.5 Å². The second-order valence-electron chi connectivity index (χ2n) is 6.41. The summed E-state index contributed by atoms with van der Waals surface area (Å²) in [5.74, 6) is 0.577. The molecule has 2 aromatic carbocycles. The Bertz CT molecular complexity index is 888. The van der Waals surface area contributed by atoms with Gasteiger partial charge in [0, 0.05) is 28.4 Å². The van der Waals surface area contributed by atoms with Crippen LogP contribution < -0.4 is 19.7 Å². The number of quaternary nitrogens is 1. The highest BCUT2D eigenvalue weighted by Gasteiger charge is 2.20. The van der Waals surface area contributed by atoms with Crippen LogP contribution in [0.4, 0.5) is 11.4 Å². The van der Waals surface area contributed by atoms with Crippen molar-refractivity contribution in [2.24, 2.45) is 0 Å². The number of anilines is 1.